The molecule has 2 aliphatic heterocycles. The van der Waals surface area contributed by atoms with Gasteiger partial charge in [-0.2, -0.15) is 0 Å². The molecule has 162 valence electrons. The number of methoxy groups -OCH3 is 1. The first-order chi connectivity index (χ1) is 15.5. The number of benzene rings is 1. The summed E-state index contributed by atoms with van der Waals surface area (Å²) in [5.74, 6) is -3.38. The van der Waals surface area contributed by atoms with Crippen LogP contribution in [0.4, 0.5) is 10.1 Å². The molecule has 1 aromatic carbocycles. The lowest BCUT2D eigenvalue weighted by Gasteiger charge is -2.25. The Morgan fingerprint density at radius 3 is 2.77 bits per heavy atom. The van der Waals surface area contributed by atoms with E-state index < -0.39 is 53.4 Å². The molecule has 0 radical (unpaired) electrons. The normalized spacial score (nSPS) is 28.5. The summed E-state index contributed by atoms with van der Waals surface area (Å²) in [6.45, 7) is -4.00. The van der Waals surface area contributed by atoms with E-state index in [0.717, 1.165) is 23.8 Å². The summed E-state index contributed by atoms with van der Waals surface area (Å²) in [7, 11) is 1.25. The highest BCUT2D eigenvalue weighted by Gasteiger charge is 2.38. The van der Waals surface area contributed by atoms with Crippen LogP contribution in [-0.4, -0.2) is 48.3 Å². The van der Waals surface area contributed by atoms with E-state index in [1.54, 1.807) is 4.57 Å². The lowest BCUT2D eigenvalue weighted by molar-refractivity contribution is 0.0695. The summed E-state index contributed by atoms with van der Waals surface area (Å²) in [4.78, 5) is 25.3. The Kier molecular flexibility index (Phi) is 4.23. The number of aromatic nitrogens is 1. The monoisotopic (exact) mass is 441 g/mol. The highest BCUT2D eigenvalue weighted by Crippen LogP contribution is 2.45. The van der Waals surface area contributed by atoms with Crippen LogP contribution >= 0.6 is 12.4 Å². The van der Waals surface area contributed by atoms with Crippen LogP contribution in [0.25, 0.3) is 10.9 Å². The van der Waals surface area contributed by atoms with Crippen molar-refractivity contribution in [1.82, 2.24) is 9.88 Å². The highest BCUT2D eigenvalue weighted by molar-refractivity contribution is 5.97. The van der Waals surface area contributed by atoms with Crippen LogP contribution in [0.3, 0.4) is 0 Å². The first-order valence-corrected chi connectivity index (χ1v) is 9.74. The number of carboxylic acid groups (broad SMARTS) is 1. The zero-order valence-electron chi connectivity index (χ0n) is 20.3. The molecule has 2 N–H and O–H groups in total. The number of fused-ring (bicyclic) bond motifs is 2. The van der Waals surface area contributed by atoms with Crippen molar-refractivity contribution in [3.63, 3.8) is 0 Å². The number of ether oxygens (including phenoxy) is 1. The van der Waals surface area contributed by atoms with Gasteiger partial charge >= 0.3 is 5.97 Å². The smallest absolute Gasteiger partial charge is 0.341 e. The van der Waals surface area contributed by atoms with Crippen LogP contribution in [0.1, 0.15) is 47.6 Å². The minimum Gasteiger partial charge on any atom is -0.492 e. The number of aromatic carboxylic acids is 1. The molecule has 1 aliphatic carbocycles. The van der Waals surface area contributed by atoms with Gasteiger partial charge in [0.2, 0.25) is 5.43 Å². The average Bonchev–Trinajstić information content (AvgIpc) is 3.57. The number of rotatable bonds is 4. The fourth-order valence-corrected chi connectivity index (χ4v) is 4.27. The van der Waals surface area contributed by atoms with Crippen LogP contribution in [-0.2, 0) is 0 Å². The third-order valence-electron chi connectivity index (χ3n) is 5.82. The van der Waals surface area contributed by atoms with E-state index in [1.165, 1.54) is 13.3 Å². The van der Waals surface area contributed by atoms with Crippen molar-refractivity contribution < 1.29 is 24.5 Å². The molecule has 2 atom stereocenters. The Morgan fingerprint density at radius 1 is 1.37 bits per heavy atom. The summed E-state index contributed by atoms with van der Waals surface area (Å²) in [6.07, 6.45) is 3.77. The molecule has 0 bridgehead atoms. The summed E-state index contributed by atoms with van der Waals surface area (Å²) >= 11 is 0. The Balaban J connectivity index is 0.00000274. The maximum atomic E-state index is 15.7. The van der Waals surface area contributed by atoms with Crippen LogP contribution in [0.15, 0.2) is 17.1 Å². The Bertz CT molecular complexity index is 1210. The Morgan fingerprint density at radius 2 is 2.13 bits per heavy atom. The van der Waals surface area contributed by atoms with Gasteiger partial charge in [0.1, 0.15) is 11.3 Å². The highest BCUT2D eigenvalue weighted by atomic mass is 35.5. The molecule has 1 saturated carbocycles. The number of hydrogen-bond donors (Lipinski definition) is 2. The molecular formula is C21H25ClFN3O4. The van der Waals surface area contributed by atoms with Gasteiger partial charge in [0.15, 0.2) is 11.6 Å². The number of halogens is 2. The molecule has 3 aliphatic rings. The fraction of sp³-hybridized carbons (Fsp3) is 0.524. The topological polar surface area (TPSA) is 83.8 Å². The number of carbonyl (C=O) groups is 1. The molecule has 0 amide bonds. The van der Waals surface area contributed by atoms with Gasteiger partial charge in [0, 0.05) is 34.0 Å². The Hall–Kier alpha value is -2.32. The number of piperidine rings is 1. The molecule has 2 aromatic rings. The SMILES string of the molecule is Cl.[2H]C1([2H])[C@@H]2CCCN[C@@H]2C([2H])([2H])N1c1c(F)cc2c(=O)c(C(=O)O)cn(C3CC3)c2c1OC. The quantitative estimate of drug-likeness (QED) is 0.759. The second-order valence-corrected chi connectivity index (χ2v) is 7.73. The summed E-state index contributed by atoms with van der Waals surface area (Å²) in [5, 5.41) is 12.3. The molecule has 7 nitrogen and oxygen atoms in total. The standard InChI is InChI=1S/C21H24FN3O4.ClH/c1-29-20-17-13(19(26)14(21(27)28)9-25(17)12-4-5-12)7-15(22)18(20)24-8-11-3-2-6-23-16(11)10-24;/h7,9,11-12,16,23H,2-6,8,10H2,1H3,(H,27,28);1H/t11-,16+;/m0./s1/i8D2,10D2;. The van der Waals surface area contributed by atoms with Gasteiger partial charge in [0.25, 0.3) is 0 Å². The minimum absolute atomic E-state index is 0. The van der Waals surface area contributed by atoms with Crippen LogP contribution in [0, 0.1) is 11.7 Å². The lowest BCUT2D eigenvalue weighted by Crippen LogP contribution is -2.40. The van der Waals surface area contributed by atoms with Gasteiger partial charge in [-0.05, 0) is 44.2 Å². The van der Waals surface area contributed by atoms with E-state index in [9.17, 15) is 14.7 Å². The number of anilines is 1. The zero-order chi connectivity index (χ0) is 23.9. The molecule has 2 saturated heterocycles. The van der Waals surface area contributed by atoms with Crippen molar-refractivity contribution in [3.05, 3.63) is 33.9 Å². The number of nitrogens with zero attached hydrogens (tertiary/aromatic N) is 2. The maximum absolute atomic E-state index is 15.7. The van der Waals surface area contributed by atoms with E-state index in [-0.39, 0.29) is 35.1 Å². The summed E-state index contributed by atoms with van der Waals surface area (Å²) in [6, 6.07) is -0.0987. The first-order valence-electron chi connectivity index (χ1n) is 11.7. The minimum atomic E-state index is -2.29. The third-order valence-corrected chi connectivity index (χ3v) is 5.82. The number of nitrogens with one attached hydrogen (secondary N) is 1. The van der Waals surface area contributed by atoms with Crippen molar-refractivity contribution >= 4 is 35.0 Å². The molecule has 30 heavy (non-hydrogen) atoms. The second kappa shape index (κ2) is 7.74. The fourth-order valence-electron chi connectivity index (χ4n) is 4.27. The third kappa shape index (κ3) is 3.22. The van der Waals surface area contributed by atoms with Crippen molar-refractivity contribution in [2.75, 3.05) is 31.5 Å². The van der Waals surface area contributed by atoms with Crippen molar-refractivity contribution in [2.24, 2.45) is 5.92 Å². The molecule has 0 unspecified atom stereocenters. The van der Waals surface area contributed by atoms with Crippen molar-refractivity contribution in [3.8, 4) is 5.75 Å². The molecule has 1 aromatic heterocycles. The van der Waals surface area contributed by atoms with Gasteiger partial charge in [-0.1, -0.05) is 0 Å². The predicted octanol–water partition coefficient (Wildman–Crippen LogP) is 2.79. The van der Waals surface area contributed by atoms with Crippen LogP contribution in [0.2, 0.25) is 0 Å². The molecule has 9 heteroatoms. The van der Waals surface area contributed by atoms with Gasteiger partial charge in [-0.3, -0.25) is 4.79 Å². The molecular weight excluding hydrogens is 413 g/mol. The number of carboxylic acids is 1. The van der Waals surface area contributed by atoms with Gasteiger partial charge in [-0.25, -0.2) is 9.18 Å². The molecule has 3 heterocycles. The van der Waals surface area contributed by atoms with Gasteiger partial charge in [-0.15, -0.1) is 12.4 Å². The predicted molar refractivity (Wildman–Crippen MR) is 114 cm³/mol. The van der Waals surface area contributed by atoms with Gasteiger partial charge in [0.05, 0.1) is 20.8 Å². The molecule has 0 spiro atoms. The number of hydrogen-bond acceptors (Lipinski definition) is 5. The van der Waals surface area contributed by atoms with Crippen LogP contribution in [0.5, 0.6) is 5.75 Å². The van der Waals surface area contributed by atoms with E-state index >= 15 is 4.39 Å². The number of pyridine rings is 1. The maximum Gasteiger partial charge on any atom is 0.341 e. The van der Waals surface area contributed by atoms with E-state index in [4.69, 9.17) is 10.2 Å². The first kappa shape index (κ1) is 16.4. The molecule has 5 rings (SSSR count). The summed E-state index contributed by atoms with van der Waals surface area (Å²) in [5.41, 5.74) is -1.64. The van der Waals surface area contributed by atoms with E-state index in [2.05, 4.69) is 5.32 Å². The van der Waals surface area contributed by atoms with Gasteiger partial charge < -0.3 is 24.6 Å². The lowest BCUT2D eigenvalue weighted by atomic mass is 9.94. The van der Waals surface area contributed by atoms with Crippen molar-refractivity contribution in [2.45, 2.75) is 37.8 Å². The van der Waals surface area contributed by atoms with E-state index in [1.807, 2.05) is 0 Å². The van der Waals surface area contributed by atoms with E-state index in [0.29, 0.717) is 19.4 Å². The van der Waals surface area contributed by atoms with Crippen molar-refractivity contribution in [1.29, 1.82) is 0 Å². The second-order valence-electron chi connectivity index (χ2n) is 7.73. The summed E-state index contributed by atoms with van der Waals surface area (Å²) < 4.78 is 57.8. The Labute approximate surface area is 184 Å². The average molecular weight is 442 g/mol. The zero-order valence-corrected chi connectivity index (χ0v) is 17.1. The largest absolute Gasteiger partial charge is 0.492 e. The van der Waals surface area contributed by atoms with Crippen LogP contribution < -0.4 is 20.4 Å². The molecule has 3 fully saturated rings.